The van der Waals surface area contributed by atoms with Gasteiger partial charge in [-0.15, -0.1) is 0 Å². The molecule has 0 saturated heterocycles. The third-order valence-electron chi connectivity index (χ3n) is 4.60. The molecule has 0 atom stereocenters. The SMILES string of the molecule is COc1cc(S(=O)(=O)c2ccc(C=O)cc2)cc2c3c(oc12)CCNC3. The summed E-state index contributed by atoms with van der Waals surface area (Å²) in [6.07, 6.45) is 1.43. The number of methoxy groups -OCH3 is 1. The van der Waals surface area contributed by atoms with Gasteiger partial charge in [-0.1, -0.05) is 12.1 Å². The standard InChI is InChI=1S/C19H17NO5S/c1-24-18-9-14(26(22,23)13-4-2-12(11-21)3-5-13)8-15-16-10-20-7-6-17(16)25-19(15)18/h2-5,8-9,11,20H,6-7,10H2,1H3. The summed E-state index contributed by atoms with van der Waals surface area (Å²) in [5.41, 5.74) is 1.96. The van der Waals surface area contributed by atoms with Gasteiger partial charge in [0.25, 0.3) is 0 Å². The summed E-state index contributed by atoms with van der Waals surface area (Å²) in [6.45, 7) is 1.45. The number of carbonyl (C=O) groups excluding carboxylic acids is 1. The maximum absolute atomic E-state index is 13.0. The highest BCUT2D eigenvalue weighted by molar-refractivity contribution is 7.91. The first-order valence-electron chi connectivity index (χ1n) is 8.18. The van der Waals surface area contributed by atoms with Crippen molar-refractivity contribution in [2.24, 2.45) is 0 Å². The Bertz CT molecular complexity index is 1100. The summed E-state index contributed by atoms with van der Waals surface area (Å²) < 4.78 is 37.4. The minimum atomic E-state index is -3.75. The highest BCUT2D eigenvalue weighted by Gasteiger charge is 2.25. The number of ether oxygens (including phenoxy) is 1. The fraction of sp³-hybridized carbons (Fsp3) is 0.211. The Morgan fingerprint density at radius 3 is 2.62 bits per heavy atom. The second kappa shape index (κ2) is 6.26. The molecule has 4 rings (SSSR count). The summed E-state index contributed by atoms with van der Waals surface area (Å²) in [7, 11) is -2.26. The summed E-state index contributed by atoms with van der Waals surface area (Å²) >= 11 is 0. The first kappa shape index (κ1) is 16.8. The zero-order valence-electron chi connectivity index (χ0n) is 14.1. The number of carbonyl (C=O) groups is 1. The number of hydrogen-bond acceptors (Lipinski definition) is 6. The van der Waals surface area contributed by atoms with Gasteiger partial charge in [0.2, 0.25) is 9.84 Å². The van der Waals surface area contributed by atoms with Crippen molar-refractivity contribution in [3.63, 3.8) is 0 Å². The number of sulfone groups is 1. The van der Waals surface area contributed by atoms with Crippen molar-refractivity contribution < 1.29 is 22.4 Å². The summed E-state index contributed by atoms with van der Waals surface area (Å²) in [4.78, 5) is 11.1. The Morgan fingerprint density at radius 2 is 1.92 bits per heavy atom. The lowest BCUT2D eigenvalue weighted by Gasteiger charge is -2.11. The van der Waals surface area contributed by atoms with Crippen LogP contribution in [0.15, 0.2) is 50.6 Å². The van der Waals surface area contributed by atoms with Crippen molar-refractivity contribution in [2.45, 2.75) is 22.8 Å². The van der Waals surface area contributed by atoms with E-state index in [1.54, 1.807) is 6.07 Å². The first-order chi connectivity index (χ1) is 12.5. The van der Waals surface area contributed by atoms with E-state index in [1.165, 1.54) is 37.4 Å². The van der Waals surface area contributed by atoms with Crippen LogP contribution in [0, 0.1) is 0 Å². The third-order valence-corrected chi connectivity index (χ3v) is 6.35. The molecule has 0 unspecified atom stereocenters. The number of rotatable bonds is 4. The van der Waals surface area contributed by atoms with E-state index in [1.807, 2.05) is 0 Å². The summed E-state index contributed by atoms with van der Waals surface area (Å²) in [6, 6.07) is 8.95. The molecule has 0 amide bonds. The molecule has 0 spiro atoms. The van der Waals surface area contributed by atoms with Crippen LogP contribution in [0.2, 0.25) is 0 Å². The van der Waals surface area contributed by atoms with Crippen LogP contribution in [0.25, 0.3) is 11.0 Å². The molecule has 0 radical (unpaired) electrons. The molecule has 1 aliphatic heterocycles. The third kappa shape index (κ3) is 2.60. The van der Waals surface area contributed by atoms with Crippen molar-refractivity contribution in [3.8, 4) is 5.75 Å². The maximum atomic E-state index is 13.0. The van der Waals surface area contributed by atoms with Gasteiger partial charge in [0, 0.05) is 42.1 Å². The molecule has 0 fully saturated rings. The fourth-order valence-electron chi connectivity index (χ4n) is 3.22. The van der Waals surface area contributed by atoms with E-state index in [0.717, 1.165) is 29.7 Å². The lowest BCUT2D eigenvalue weighted by atomic mass is 10.1. The van der Waals surface area contributed by atoms with Gasteiger partial charge in [0.05, 0.1) is 16.9 Å². The fourth-order valence-corrected chi connectivity index (χ4v) is 4.52. The van der Waals surface area contributed by atoms with E-state index < -0.39 is 9.84 Å². The highest BCUT2D eigenvalue weighted by Crippen LogP contribution is 2.37. The molecule has 1 aromatic heterocycles. The van der Waals surface area contributed by atoms with Crippen molar-refractivity contribution in [1.29, 1.82) is 0 Å². The number of aldehydes is 1. The summed E-state index contributed by atoms with van der Waals surface area (Å²) in [5, 5.41) is 4.02. The lowest BCUT2D eigenvalue weighted by molar-refractivity contribution is 0.112. The van der Waals surface area contributed by atoms with Crippen LogP contribution < -0.4 is 10.1 Å². The van der Waals surface area contributed by atoms with Gasteiger partial charge in [-0.25, -0.2) is 8.42 Å². The molecule has 2 aromatic carbocycles. The van der Waals surface area contributed by atoms with Crippen LogP contribution in [-0.4, -0.2) is 28.4 Å². The molecular weight excluding hydrogens is 354 g/mol. The predicted molar refractivity (Wildman–Crippen MR) is 95.5 cm³/mol. The van der Waals surface area contributed by atoms with Gasteiger partial charge >= 0.3 is 0 Å². The topological polar surface area (TPSA) is 85.6 Å². The van der Waals surface area contributed by atoms with E-state index >= 15 is 0 Å². The van der Waals surface area contributed by atoms with Crippen LogP contribution in [0.5, 0.6) is 5.75 Å². The van der Waals surface area contributed by atoms with Crippen LogP contribution >= 0.6 is 0 Å². The molecule has 1 aliphatic rings. The van der Waals surface area contributed by atoms with Gasteiger partial charge in [0.1, 0.15) is 12.0 Å². The van der Waals surface area contributed by atoms with Crippen LogP contribution in [-0.2, 0) is 22.8 Å². The van der Waals surface area contributed by atoms with Gasteiger partial charge in [-0.2, -0.15) is 0 Å². The quantitative estimate of drug-likeness (QED) is 0.710. The van der Waals surface area contributed by atoms with Crippen molar-refractivity contribution in [1.82, 2.24) is 5.32 Å². The van der Waals surface area contributed by atoms with Crippen LogP contribution in [0.4, 0.5) is 0 Å². The molecule has 2 heterocycles. The van der Waals surface area contributed by atoms with Gasteiger partial charge in [-0.05, 0) is 18.2 Å². The maximum Gasteiger partial charge on any atom is 0.206 e. The molecule has 0 bridgehead atoms. The average molecular weight is 371 g/mol. The number of benzene rings is 2. The zero-order valence-corrected chi connectivity index (χ0v) is 14.9. The Hall–Kier alpha value is -2.64. The second-order valence-corrected chi connectivity index (χ2v) is 8.07. The molecule has 3 aromatic rings. The van der Waals surface area contributed by atoms with E-state index in [4.69, 9.17) is 9.15 Å². The first-order valence-corrected chi connectivity index (χ1v) is 9.66. The van der Waals surface area contributed by atoms with E-state index in [2.05, 4.69) is 5.32 Å². The van der Waals surface area contributed by atoms with E-state index in [0.29, 0.717) is 29.7 Å². The minimum Gasteiger partial charge on any atom is -0.493 e. The molecule has 26 heavy (non-hydrogen) atoms. The van der Waals surface area contributed by atoms with Crippen molar-refractivity contribution in [3.05, 3.63) is 53.3 Å². The lowest BCUT2D eigenvalue weighted by Crippen LogP contribution is -2.22. The van der Waals surface area contributed by atoms with Crippen LogP contribution in [0.1, 0.15) is 21.7 Å². The molecule has 7 heteroatoms. The Kier molecular flexibility index (Phi) is 4.05. The van der Waals surface area contributed by atoms with Crippen molar-refractivity contribution >= 4 is 27.1 Å². The molecule has 0 aliphatic carbocycles. The number of fused-ring (bicyclic) bond motifs is 3. The molecule has 1 N–H and O–H groups in total. The van der Waals surface area contributed by atoms with E-state index in [-0.39, 0.29) is 9.79 Å². The Labute approximate surface area is 150 Å². The van der Waals surface area contributed by atoms with Gasteiger partial charge in [0.15, 0.2) is 11.3 Å². The van der Waals surface area contributed by atoms with E-state index in [9.17, 15) is 13.2 Å². The molecular formula is C19H17NO5S. The Morgan fingerprint density at radius 1 is 1.15 bits per heavy atom. The summed E-state index contributed by atoms with van der Waals surface area (Å²) in [5.74, 6) is 1.25. The van der Waals surface area contributed by atoms with Crippen molar-refractivity contribution in [2.75, 3.05) is 13.7 Å². The number of nitrogens with one attached hydrogen (secondary N) is 1. The molecule has 6 nitrogen and oxygen atoms in total. The molecule has 134 valence electrons. The average Bonchev–Trinajstić information content (AvgIpc) is 3.06. The minimum absolute atomic E-state index is 0.125. The van der Waals surface area contributed by atoms with Gasteiger partial charge in [-0.3, -0.25) is 4.79 Å². The largest absolute Gasteiger partial charge is 0.493 e. The predicted octanol–water partition coefficient (Wildman–Crippen LogP) is 2.73. The molecule has 0 saturated carbocycles. The van der Waals surface area contributed by atoms with Gasteiger partial charge < -0.3 is 14.5 Å². The number of furan rings is 1. The monoisotopic (exact) mass is 371 g/mol. The second-order valence-electron chi connectivity index (χ2n) is 6.12. The number of hydrogen-bond donors (Lipinski definition) is 1. The highest BCUT2D eigenvalue weighted by atomic mass is 32.2. The smallest absolute Gasteiger partial charge is 0.206 e. The normalized spacial score (nSPS) is 14.2. The Balaban J connectivity index is 1.91. The zero-order chi connectivity index (χ0) is 18.3. The van der Waals surface area contributed by atoms with Crippen LogP contribution in [0.3, 0.4) is 0 Å².